The molecular formula is C11H15N3O3S. The lowest BCUT2D eigenvalue weighted by Gasteiger charge is -2.11. The van der Waals surface area contributed by atoms with Gasteiger partial charge in [-0.3, -0.25) is 0 Å². The molecule has 0 radical (unpaired) electrons. The Bertz CT molecular complexity index is 712. The van der Waals surface area contributed by atoms with E-state index in [1.54, 1.807) is 12.1 Å². The average Bonchev–Trinajstić information content (AvgIpc) is 2.66. The monoisotopic (exact) mass is 269 g/mol. The summed E-state index contributed by atoms with van der Waals surface area (Å²) >= 11 is 0. The first-order valence-corrected chi connectivity index (χ1v) is 7.11. The van der Waals surface area contributed by atoms with E-state index >= 15 is 0 Å². The number of para-hydroxylation sites is 1. The number of aryl methyl sites for hydroxylation is 1. The van der Waals surface area contributed by atoms with E-state index in [0.717, 1.165) is 5.56 Å². The molecule has 0 aliphatic heterocycles. The van der Waals surface area contributed by atoms with Crippen molar-refractivity contribution >= 4 is 21.1 Å². The number of rotatable bonds is 4. The van der Waals surface area contributed by atoms with Gasteiger partial charge in [0.05, 0.1) is 16.8 Å². The summed E-state index contributed by atoms with van der Waals surface area (Å²) in [6.07, 6.45) is 0.367. The fourth-order valence-electron chi connectivity index (χ4n) is 1.75. The summed E-state index contributed by atoms with van der Waals surface area (Å²) in [5.74, 6) is 0.0202. The van der Waals surface area contributed by atoms with Crippen LogP contribution in [0.25, 0.3) is 11.0 Å². The van der Waals surface area contributed by atoms with Gasteiger partial charge in [0.2, 0.25) is 10.0 Å². The predicted octanol–water partition coefficient (Wildman–Crippen LogP) is 0.290. The number of H-pyrrole nitrogens is 2. The van der Waals surface area contributed by atoms with Crippen molar-refractivity contribution in [3.63, 3.8) is 0 Å². The first kappa shape index (κ1) is 12.8. The van der Waals surface area contributed by atoms with Crippen LogP contribution in [-0.4, -0.2) is 42.5 Å². The van der Waals surface area contributed by atoms with Crippen LogP contribution in [0.5, 0.6) is 0 Å². The molecule has 6 nitrogen and oxygen atoms in total. The molecule has 0 bridgehead atoms. The van der Waals surface area contributed by atoms with Gasteiger partial charge in [0.15, 0.2) is 0 Å². The molecule has 0 unspecified atom stereocenters. The van der Waals surface area contributed by atoms with Gasteiger partial charge < -0.3 is 9.97 Å². The zero-order valence-electron chi connectivity index (χ0n) is 10.2. The number of nitrogens with zero attached hydrogens (tertiary/aromatic N) is 1. The molecule has 0 saturated heterocycles. The Labute approximate surface area is 105 Å². The van der Waals surface area contributed by atoms with Crippen LogP contribution in [0.3, 0.4) is 0 Å². The van der Waals surface area contributed by atoms with E-state index in [1.165, 1.54) is 18.4 Å². The van der Waals surface area contributed by atoms with Crippen LogP contribution in [-0.2, 0) is 16.4 Å². The quantitative estimate of drug-likeness (QED) is 0.836. The van der Waals surface area contributed by atoms with E-state index in [0.29, 0.717) is 17.5 Å². The van der Waals surface area contributed by atoms with E-state index in [2.05, 4.69) is 9.97 Å². The van der Waals surface area contributed by atoms with Crippen LogP contribution in [0.1, 0.15) is 5.56 Å². The molecule has 2 N–H and O–H groups in total. The molecule has 1 heterocycles. The summed E-state index contributed by atoms with van der Waals surface area (Å²) in [4.78, 5) is 16.5. The fourth-order valence-corrected chi connectivity index (χ4v) is 2.59. The number of hydrogen-bond acceptors (Lipinski definition) is 3. The molecule has 0 amide bonds. The smallest absolute Gasteiger partial charge is 0.306 e. The second-order valence-corrected chi connectivity index (χ2v) is 6.57. The average molecular weight is 269 g/mol. The number of fused-ring (bicyclic) bond motifs is 1. The SMILES string of the molecule is CN(C)S(=O)(=O)CCc1cccc2[nH]c(=O)[nH]c12. The van der Waals surface area contributed by atoms with Crippen LogP contribution in [0.2, 0.25) is 0 Å². The number of aromatic nitrogens is 2. The van der Waals surface area contributed by atoms with Crippen molar-refractivity contribution in [2.24, 2.45) is 0 Å². The van der Waals surface area contributed by atoms with E-state index in [-0.39, 0.29) is 11.4 Å². The van der Waals surface area contributed by atoms with Crippen LogP contribution < -0.4 is 5.69 Å². The molecule has 98 valence electrons. The summed E-state index contributed by atoms with van der Waals surface area (Å²) in [5.41, 5.74) is 1.90. The molecule has 2 aromatic rings. The Morgan fingerprint density at radius 1 is 1.22 bits per heavy atom. The van der Waals surface area contributed by atoms with E-state index in [9.17, 15) is 13.2 Å². The first-order chi connectivity index (χ1) is 8.40. The molecule has 0 aliphatic carbocycles. The number of imidazole rings is 1. The van der Waals surface area contributed by atoms with Crippen molar-refractivity contribution in [3.8, 4) is 0 Å². The number of hydrogen-bond donors (Lipinski definition) is 2. The zero-order valence-corrected chi connectivity index (χ0v) is 11.0. The minimum absolute atomic E-state index is 0.0202. The van der Waals surface area contributed by atoms with Crippen LogP contribution in [0.4, 0.5) is 0 Å². The Morgan fingerprint density at radius 3 is 2.61 bits per heavy atom. The highest BCUT2D eigenvalue weighted by Crippen LogP contribution is 2.14. The van der Waals surface area contributed by atoms with Gasteiger partial charge in [0.1, 0.15) is 0 Å². The lowest BCUT2D eigenvalue weighted by Crippen LogP contribution is -2.26. The maximum atomic E-state index is 11.7. The molecular weight excluding hydrogens is 254 g/mol. The lowest BCUT2D eigenvalue weighted by atomic mass is 10.1. The summed E-state index contributed by atoms with van der Waals surface area (Å²) in [7, 11) is -0.211. The molecule has 0 spiro atoms. The van der Waals surface area contributed by atoms with E-state index in [1.807, 2.05) is 6.07 Å². The molecule has 0 fully saturated rings. The van der Waals surface area contributed by atoms with Crippen molar-refractivity contribution < 1.29 is 8.42 Å². The Morgan fingerprint density at radius 2 is 1.94 bits per heavy atom. The summed E-state index contributed by atoms with van der Waals surface area (Å²) in [6.45, 7) is 0. The second-order valence-electron chi connectivity index (χ2n) is 4.27. The highest BCUT2D eigenvalue weighted by atomic mass is 32.2. The third-order valence-corrected chi connectivity index (χ3v) is 4.66. The maximum Gasteiger partial charge on any atom is 0.323 e. The molecule has 1 aromatic heterocycles. The number of aromatic amines is 2. The Hall–Kier alpha value is -1.60. The van der Waals surface area contributed by atoms with Crippen molar-refractivity contribution in [1.82, 2.24) is 14.3 Å². The van der Waals surface area contributed by atoms with Crippen LogP contribution in [0.15, 0.2) is 23.0 Å². The van der Waals surface area contributed by atoms with Crippen molar-refractivity contribution in [2.75, 3.05) is 19.8 Å². The van der Waals surface area contributed by atoms with E-state index in [4.69, 9.17) is 0 Å². The lowest BCUT2D eigenvalue weighted by molar-refractivity contribution is 0.520. The zero-order chi connectivity index (χ0) is 13.3. The molecule has 1 aromatic carbocycles. The van der Waals surface area contributed by atoms with Gasteiger partial charge in [0, 0.05) is 14.1 Å². The summed E-state index contributed by atoms with van der Waals surface area (Å²) in [6, 6.07) is 5.39. The maximum absolute atomic E-state index is 11.7. The molecule has 7 heteroatoms. The third-order valence-electron chi connectivity index (χ3n) is 2.82. The minimum atomic E-state index is -3.23. The standard InChI is InChI=1S/C11H15N3O3S/c1-14(2)18(16,17)7-6-8-4-3-5-9-10(8)13-11(15)12-9/h3-5H,6-7H2,1-2H3,(H2,12,13,15). The second kappa shape index (κ2) is 4.58. The summed E-state index contributed by atoms with van der Waals surface area (Å²) < 4.78 is 24.6. The molecule has 0 aliphatic rings. The fraction of sp³-hybridized carbons (Fsp3) is 0.364. The van der Waals surface area contributed by atoms with Gasteiger partial charge in [-0.2, -0.15) is 0 Å². The van der Waals surface area contributed by atoms with Crippen molar-refractivity contribution in [1.29, 1.82) is 0 Å². The van der Waals surface area contributed by atoms with Gasteiger partial charge >= 0.3 is 5.69 Å². The molecule has 18 heavy (non-hydrogen) atoms. The van der Waals surface area contributed by atoms with Crippen LogP contribution in [0, 0.1) is 0 Å². The first-order valence-electron chi connectivity index (χ1n) is 5.50. The normalized spacial score (nSPS) is 12.4. The molecule has 0 saturated carbocycles. The van der Waals surface area contributed by atoms with Gasteiger partial charge in [-0.15, -0.1) is 0 Å². The predicted molar refractivity (Wildman–Crippen MR) is 70.1 cm³/mol. The molecule has 0 atom stereocenters. The number of benzene rings is 1. The highest BCUT2D eigenvalue weighted by Gasteiger charge is 2.14. The summed E-state index contributed by atoms with van der Waals surface area (Å²) in [5, 5.41) is 0. The topological polar surface area (TPSA) is 86.0 Å². The van der Waals surface area contributed by atoms with Gasteiger partial charge in [-0.05, 0) is 18.1 Å². The Kier molecular flexibility index (Phi) is 3.27. The van der Waals surface area contributed by atoms with Gasteiger partial charge in [0.25, 0.3) is 0 Å². The van der Waals surface area contributed by atoms with Crippen molar-refractivity contribution in [3.05, 3.63) is 34.2 Å². The van der Waals surface area contributed by atoms with Gasteiger partial charge in [-0.25, -0.2) is 17.5 Å². The number of sulfonamides is 1. The third kappa shape index (κ3) is 2.46. The number of nitrogens with one attached hydrogen (secondary N) is 2. The largest absolute Gasteiger partial charge is 0.323 e. The Balaban J connectivity index is 2.30. The molecule has 2 rings (SSSR count). The van der Waals surface area contributed by atoms with E-state index < -0.39 is 10.0 Å². The van der Waals surface area contributed by atoms with Crippen molar-refractivity contribution in [2.45, 2.75) is 6.42 Å². The minimum Gasteiger partial charge on any atom is -0.306 e. The van der Waals surface area contributed by atoms with Crippen LogP contribution >= 0.6 is 0 Å². The van der Waals surface area contributed by atoms with Gasteiger partial charge in [-0.1, -0.05) is 12.1 Å². The highest BCUT2D eigenvalue weighted by molar-refractivity contribution is 7.89.